The van der Waals surface area contributed by atoms with Gasteiger partial charge in [-0.3, -0.25) is 0 Å². The highest BCUT2D eigenvalue weighted by Gasteiger charge is 2.27. The quantitative estimate of drug-likeness (QED) is 0.564. The Balaban J connectivity index is 2.19. The predicted molar refractivity (Wildman–Crippen MR) is 92.7 cm³/mol. The van der Waals surface area contributed by atoms with E-state index in [9.17, 15) is 0 Å². The van der Waals surface area contributed by atoms with Gasteiger partial charge in [0, 0.05) is 10.8 Å². The molecule has 2 heteroatoms. The van der Waals surface area contributed by atoms with Gasteiger partial charge < -0.3 is 5.32 Å². The highest BCUT2D eigenvalue weighted by molar-refractivity contribution is 7.80. The highest BCUT2D eigenvalue weighted by atomic mass is 32.1. The molecule has 0 heterocycles. The molecule has 0 bridgehead atoms. The minimum absolute atomic E-state index is 0.0132. The second-order valence-electron chi connectivity index (χ2n) is 6.01. The van der Waals surface area contributed by atoms with Crippen LogP contribution in [-0.4, -0.2) is 12.1 Å². The summed E-state index contributed by atoms with van der Waals surface area (Å²) in [5, 5.41) is 6.39. The first kappa shape index (κ1) is 15.4. The third-order valence-corrected chi connectivity index (χ3v) is 4.83. The number of benzene rings is 2. The van der Waals surface area contributed by atoms with Crippen LogP contribution in [-0.2, 0) is 0 Å². The summed E-state index contributed by atoms with van der Waals surface area (Å²) >= 11 is 4.87. The average Bonchev–Trinajstić information content (AvgIpc) is 2.46. The van der Waals surface area contributed by atoms with E-state index in [1.165, 1.54) is 29.2 Å². The first-order chi connectivity index (χ1) is 9.54. The summed E-state index contributed by atoms with van der Waals surface area (Å²) < 4.78 is 0. The van der Waals surface area contributed by atoms with Crippen LogP contribution in [0, 0.1) is 0 Å². The van der Waals surface area contributed by atoms with Crippen molar-refractivity contribution in [2.75, 3.05) is 6.54 Å². The van der Waals surface area contributed by atoms with E-state index in [1.54, 1.807) is 0 Å². The topological polar surface area (TPSA) is 12.0 Å². The molecule has 1 unspecified atom stereocenters. The lowest BCUT2D eigenvalue weighted by Gasteiger charge is -2.33. The number of thiol groups is 1. The molecular formula is C18H25NS. The summed E-state index contributed by atoms with van der Waals surface area (Å²) in [6.45, 7) is 7.73. The Morgan fingerprint density at radius 1 is 1.10 bits per heavy atom. The van der Waals surface area contributed by atoms with Crippen LogP contribution in [0.2, 0.25) is 0 Å². The lowest BCUT2D eigenvalue weighted by Crippen LogP contribution is -2.43. The maximum atomic E-state index is 4.87. The summed E-state index contributed by atoms with van der Waals surface area (Å²) in [5.74, 6) is 0. The first-order valence-corrected chi connectivity index (χ1v) is 7.98. The monoisotopic (exact) mass is 287 g/mol. The molecule has 0 spiro atoms. The fraction of sp³-hybridized carbons (Fsp3) is 0.444. The van der Waals surface area contributed by atoms with Crippen molar-refractivity contribution in [2.24, 2.45) is 0 Å². The predicted octanol–water partition coefficient (Wildman–Crippen LogP) is 4.98. The van der Waals surface area contributed by atoms with E-state index in [0.29, 0.717) is 0 Å². The molecule has 0 saturated carbocycles. The van der Waals surface area contributed by atoms with Crippen molar-refractivity contribution in [1.29, 1.82) is 0 Å². The Kier molecular flexibility index (Phi) is 5.11. The molecule has 0 aliphatic heterocycles. The van der Waals surface area contributed by atoms with E-state index in [2.05, 4.69) is 68.6 Å². The zero-order valence-corrected chi connectivity index (χ0v) is 13.6. The van der Waals surface area contributed by atoms with Crippen LogP contribution in [0.1, 0.15) is 44.4 Å². The van der Waals surface area contributed by atoms with Crippen molar-refractivity contribution in [2.45, 2.75) is 44.4 Å². The average molecular weight is 287 g/mol. The van der Waals surface area contributed by atoms with Gasteiger partial charge in [0.2, 0.25) is 0 Å². The van der Waals surface area contributed by atoms with Crippen LogP contribution in [0.3, 0.4) is 0 Å². The van der Waals surface area contributed by atoms with E-state index in [4.69, 9.17) is 12.6 Å². The SMILES string of the molecule is CCCCNC(C)(C)C(S)c1ccc2ccccc2c1. The number of fused-ring (bicyclic) bond motifs is 1. The number of nitrogens with one attached hydrogen (secondary N) is 1. The molecule has 0 aliphatic rings. The van der Waals surface area contributed by atoms with Crippen LogP contribution in [0.4, 0.5) is 0 Å². The molecule has 0 amide bonds. The molecule has 0 aliphatic carbocycles. The molecule has 108 valence electrons. The van der Waals surface area contributed by atoms with Crippen LogP contribution >= 0.6 is 12.6 Å². The van der Waals surface area contributed by atoms with Crippen molar-refractivity contribution in [3.05, 3.63) is 48.0 Å². The maximum absolute atomic E-state index is 4.87. The number of hydrogen-bond donors (Lipinski definition) is 2. The largest absolute Gasteiger partial charge is 0.310 e. The Morgan fingerprint density at radius 2 is 1.80 bits per heavy atom. The minimum atomic E-state index is -0.0132. The van der Waals surface area contributed by atoms with E-state index in [1.807, 2.05) is 0 Å². The van der Waals surface area contributed by atoms with Gasteiger partial charge in [0.15, 0.2) is 0 Å². The van der Waals surface area contributed by atoms with Crippen LogP contribution in [0.15, 0.2) is 42.5 Å². The minimum Gasteiger partial charge on any atom is -0.310 e. The van der Waals surface area contributed by atoms with Crippen molar-refractivity contribution in [3.8, 4) is 0 Å². The zero-order valence-electron chi connectivity index (χ0n) is 12.7. The molecule has 2 rings (SSSR count). The van der Waals surface area contributed by atoms with Crippen LogP contribution in [0.5, 0.6) is 0 Å². The summed E-state index contributed by atoms with van der Waals surface area (Å²) in [6.07, 6.45) is 2.43. The molecule has 20 heavy (non-hydrogen) atoms. The molecule has 1 atom stereocenters. The normalized spacial score (nSPS) is 13.6. The number of unbranched alkanes of at least 4 members (excludes halogenated alkanes) is 1. The fourth-order valence-electron chi connectivity index (χ4n) is 2.48. The van der Waals surface area contributed by atoms with Crippen molar-refractivity contribution in [3.63, 3.8) is 0 Å². The van der Waals surface area contributed by atoms with Gasteiger partial charge in [-0.1, -0.05) is 49.7 Å². The highest BCUT2D eigenvalue weighted by Crippen LogP contribution is 2.33. The van der Waals surface area contributed by atoms with Crippen molar-refractivity contribution >= 4 is 23.4 Å². The van der Waals surface area contributed by atoms with Gasteiger partial charge in [-0.15, -0.1) is 0 Å². The molecule has 2 aromatic rings. The summed E-state index contributed by atoms with van der Waals surface area (Å²) in [5.41, 5.74) is 1.27. The van der Waals surface area contributed by atoms with Crippen LogP contribution < -0.4 is 5.32 Å². The molecule has 2 aromatic carbocycles. The van der Waals surface area contributed by atoms with E-state index in [0.717, 1.165) is 6.54 Å². The fourth-order valence-corrected chi connectivity index (χ4v) is 2.73. The van der Waals surface area contributed by atoms with Gasteiger partial charge in [0.1, 0.15) is 0 Å². The smallest absolute Gasteiger partial charge is 0.0443 e. The first-order valence-electron chi connectivity index (χ1n) is 7.46. The molecule has 1 N–H and O–H groups in total. The van der Waals surface area contributed by atoms with Gasteiger partial charge >= 0.3 is 0 Å². The molecule has 0 radical (unpaired) electrons. The lowest BCUT2D eigenvalue weighted by atomic mass is 9.92. The second-order valence-corrected chi connectivity index (χ2v) is 6.53. The Hall–Kier alpha value is -0.990. The van der Waals surface area contributed by atoms with Gasteiger partial charge in [-0.25, -0.2) is 0 Å². The molecule has 0 saturated heterocycles. The standard InChI is InChI=1S/C18H25NS/c1-4-5-12-19-18(2,3)17(20)16-11-10-14-8-6-7-9-15(14)13-16/h6-11,13,17,19-20H,4-5,12H2,1-3H3. The van der Waals surface area contributed by atoms with Crippen molar-refractivity contribution < 1.29 is 0 Å². The molecule has 0 fully saturated rings. The summed E-state index contributed by atoms with van der Waals surface area (Å²) in [7, 11) is 0. The maximum Gasteiger partial charge on any atom is 0.0443 e. The van der Waals surface area contributed by atoms with Gasteiger partial charge in [0.05, 0.1) is 0 Å². The Labute approximate surface area is 128 Å². The third kappa shape index (κ3) is 3.56. The van der Waals surface area contributed by atoms with E-state index >= 15 is 0 Å². The van der Waals surface area contributed by atoms with Crippen molar-refractivity contribution in [1.82, 2.24) is 5.32 Å². The number of rotatable bonds is 6. The second kappa shape index (κ2) is 6.64. The van der Waals surface area contributed by atoms with Gasteiger partial charge in [0.25, 0.3) is 0 Å². The molecule has 1 nitrogen and oxygen atoms in total. The van der Waals surface area contributed by atoms with E-state index in [-0.39, 0.29) is 10.8 Å². The third-order valence-electron chi connectivity index (χ3n) is 3.88. The van der Waals surface area contributed by atoms with Crippen LogP contribution in [0.25, 0.3) is 10.8 Å². The van der Waals surface area contributed by atoms with E-state index < -0.39 is 0 Å². The summed E-state index contributed by atoms with van der Waals surface area (Å²) in [6, 6.07) is 15.1. The zero-order chi connectivity index (χ0) is 14.6. The Bertz CT molecular complexity index is 562. The Morgan fingerprint density at radius 3 is 2.50 bits per heavy atom. The number of hydrogen-bond acceptors (Lipinski definition) is 2. The molecule has 0 aromatic heterocycles. The lowest BCUT2D eigenvalue weighted by molar-refractivity contribution is 0.378. The molecular weight excluding hydrogens is 262 g/mol. The summed E-state index contributed by atoms with van der Waals surface area (Å²) in [4.78, 5) is 0. The van der Waals surface area contributed by atoms with Gasteiger partial charge in [-0.2, -0.15) is 12.6 Å². The van der Waals surface area contributed by atoms with Gasteiger partial charge in [-0.05, 0) is 49.2 Å².